The molecule has 0 fully saturated rings. The number of nitrogens with one attached hydrogen (secondary N) is 1. The molecule has 0 atom stereocenters. The molecule has 1 aromatic heterocycles. The van der Waals surface area contributed by atoms with Crippen LogP contribution in [-0.2, 0) is 22.7 Å². The van der Waals surface area contributed by atoms with Crippen molar-refractivity contribution < 1.29 is 9.59 Å². The Balaban J connectivity index is 2.59. The molecule has 0 spiro atoms. The van der Waals surface area contributed by atoms with E-state index in [1.165, 1.54) is 12.2 Å². The molecule has 1 aromatic rings. The molecule has 26 heavy (non-hydrogen) atoms. The van der Waals surface area contributed by atoms with Gasteiger partial charge in [-0.05, 0) is 32.1 Å². The second-order valence-corrected chi connectivity index (χ2v) is 5.74. The molecule has 0 aromatic carbocycles. The number of unbranched alkanes of at least 4 members (excludes halogenated alkanes) is 5. The van der Waals surface area contributed by atoms with Gasteiger partial charge in [-0.25, -0.2) is 43.1 Å². The van der Waals surface area contributed by atoms with Crippen molar-refractivity contribution >= 4 is 12.2 Å². The van der Waals surface area contributed by atoms with Gasteiger partial charge in [0.15, 0.2) is 0 Å². The van der Waals surface area contributed by atoms with E-state index in [0.29, 0.717) is 38.8 Å². The minimum Gasteiger partial charge on any atom is -0.259 e. The molecule has 142 valence electrons. The lowest BCUT2D eigenvalue weighted by atomic mass is 10.2. The van der Waals surface area contributed by atoms with Gasteiger partial charge in [-0.1, -0.05) is 12.8 Å². The molecule has 0 bridgehead atoms. The van der Waals surface area contributed by atoms with Crippen LogP contribution in [0.15, 0.2) is 24.4 Å². The summed E-state index contributed by atoms with van der Waals surface area (Å²) in [6.45, 7) is 1.21. The Hall–Kier alpha value is -2.83. The highest BCUT2D eigenvalue weighted by Crippen LogP contribution is 2.00. The molecule has 0 radical (unpaired) electrons. The fraction of sp³-hybridized carbons (Fsp3) is 0.688. The predicted molar refractivity (Wildman–Crippen MR) is 93.9 cm³/mol. The maximum Gasteiger partial charge on any atom is 0.336 e. The summed E-state index contributed by atoms with van der Waals surface area (Å²) in [5.74, 6) is 0. The van der Waals surface area contributed by atoms with Crippen LogP contribution in [0.2, 0.25) is 0 Å². The van der Waals surface area contributed by atoms with Crippen LogP contribution in [0.25, 0.3) is 0 Å². The molecule has 0 aliphatic rings. The van der Waals surface area contributed by atoms with Gasteiger partial charge < -0.3 is 0 Å². The number of aromatic amines is 1. The number of rotatable bonds is 13. The molecule has 0 saturated carbocycles. The standard InChI is InChI=1S/C16H23N5O5/c22-12-17-8-4-1-2-6-10-20-14(24)19-15(25)21(16(20)26)11-7-3-5-9-18-13-23/h1-11H2,(H,19,24,25). The van der Waals surface area contributed by atoms with E-state index in [-0.39, 0.29) is 13.1 Å². The monoisotopic (exact) mass is 365 g/mol. The second kappa shape index (κ2) is 12.5. The van der Waals surface area contributed by atoms with Crippen LogP contribution in [-0.4, -0.2) is 39.4 Å². The van der Waals surface area contributed by atoms with Gasteiger partial charge in [-0.15, -0.1) is 0 Å². The normalized spacial score (nSPS) is 10.2. The van der Waals surface area contributed by atoms with Crippen molar-refractivity contribution in [1.29, 1.82) is 0 Å². The fourth-order valence-corrected chi connectivity index (χ4v) is 2.48. The summed E-state index contributed by atoms with van der Waals surface area (Å²) in [5, 5.41) is 0. The van der Waals surface area contributed by atoms with Crippen molar-refractivity contribution in [3.63, 3.8) is 0 Å². The Labute approximate surface area is 149 Å². The molecule has 10 heteroatoms. The fourth-order valence-electron chi connectivity index (χ4n) is 2.48. The molecule has 1 N–H and O–H groups in total. The zero-order valence-corrected chi connectivity index (χ0v) is 14.6. The van der Waals surface area contributed by atoms with Crippen LogP contribution in [0.1, 0.15) is 44.9 Å². The zero-order chi connectivity index (χ0) is 19.2. The van der Waals surface area contributed by atoms with Gasteiger partial charge >= 0.3 is 17.1 Å². The molecule has 0 aliphatic carbocycles. The lowest BCUT2D eigenvalue weighted by Gasteiger charge is -2.08. The number of aromatic nitrogens is 3. The summed E-state index contributed by atoms with van der Waals surface area (Å²) >= 11 is 0. The first-order valence-electron chi connectivity index (χ1n) is 8.63. The Morgan fingerprint density at radius 2 is 1.12 bits per heavy atom. The Bertz CT molecular complexity index is 825. The molecule has 0 unspecified atom stereocenters. The number of hydrogen-bond acceptors (Lipinski definition) is 7. The van der Waals surface area contributed by atoms with Crippen LogP contribution in [0.4, 0.5) is 0 Å². The Kier molecular flexibility index (Phi) is 10.2. The van der Waals surface area contributed by atoms with Crippen molar-refractivity contribution in [2.75, 3.05) is 13.1 Å². The topological polar surface area (TPSA) is 136 Å². The first kappa shape index (κ1) is 21.2. The van der Waals surface area contributed by atoms with Crippen molar-refractivity contribution in [3.8, 4) is 0 Å². The molecule has 0 saturated heterocycles. The van der Waals surface area contributed by atoms with Crippen molar-refractivity contribution in [2.45, 2.75) is 58.0 Å². The highest BCUT2D eigenvalue weighted by Gasteiger charge is 2.09. The lowest BCUT2D eigenvalue weighted by molar-refractivity contribution is 0.468. The highest BCUT2D eigenvalue weighted by atomic mass is 16.2. The van der Waals surface area contributed by atoms with Crippen LogP contribution < -0.4 is 17.1 Å². The van der Waals surface area contributed by atoms with E-state index in [4.69, 9.17) is 0 Å². The van der Waals surface area contributed by atoms with E-state index in [1.807, 2.05) is 0 Å². The molecular formula is C16H23N5O5. The van der Waals surface area contributed by atoms with E-state index < -0.39 is 17.1 Å². The first-order chi connectivity index (χ1) is 12.6. The smallest absolute Gasteiger partial charge is 0.259 e. The molecule has 0 aliphatic heterocycles. The number of hydrogen-bond donors (Lipinski definition) is 1. The summed E-state index contributed by atoms with van der Waals surface area (Å²) in [5.41, 5.74) is -2.04. The number of aliphatic imine (C=N–C) groups is 2. The molecule has 1 rings (SSSR count). The largest absolute Gasteiger partial charge is 0.336 e. The summed E-state index contributed by atoms with van der Waals surface area (Å²) in [7, 11) is 0. The number of H-pyrrole nitrogens is 1. The first-order valence-corrected chi connectivity index (χ1v) is 8.63. The third kappa shape index (κ3) is 7.38. The van der Waals surface area contributed by atoms with Gasteiger partial charge in [0.05, 0.1) is 13.1 Å². The maximum absolute atomic E-state index is 12.4. The Morgan fingerprint density at radius 1 is 0.692 bits per heavy atom. The molecular weight excluding hydrogens is 342 g/mol. The van der Waals surface area contributed by atoms with E-state index in [9.17, 15) is 24.0 Å². The average Bonchev–Trinajstić information content (AvgIpc) is 2.61. The Morgan fingerprint density at radius 3 is 1.58 bits per heavy atom. The summed E-state index contributed by atoms with van der Waals surface area (Å²) in [4.78, 5) is 65.0. The quantitative estimate of drug-likeness (QED) is 0.300. The number of nitrogens with zero attached hydrogens (tertiary/aromatic N) is 4. The van der Waals surface area contributed by atoms with Crippen LogP contribution >= 0.6 is 0 Å². The van der Waals surface area contributed by atoms with Crippen LogP contribution in [0.3, 0.4) is 0 Å². The minimum absolute atomic E-state index is 0.197. The van der Waals surface area contributed by atoms with Gasteiger partial charge in [0.25, 0.3) is 0 Å². The number of carbonyl (C=O) groups excluding carboxylic acids is 2. The number of isocyanates is 2. The predicted octanol–water partition coefficient (Wildman–Crippen LogP) is 0.101. The van der Waals surface area contributed by atoms with Gasteiger partial charge in [0, 0.05) is 13.1 Å². The highest BCUT2D eigenvalue weighted by molar-refractivity contribution is 5.32. The van der Waals surface area contributed by atoms with Crippen molar-refractivity contribution in [3.05, 3.63) is 31.5 Å². The summed E-state index contributed by atoms with van der Waals surface area (Å²) in [6.07, 6.45) is 7.79. The molecule has 1 heterocycles. The van der Waals surface area contributed by atoms with Gasteiger partial charge in [-0.2, -0.15) is 0 Å². The summed E-state index contributed by atoms with van der Waals surface area (Å²) < 4.78 is 2.05. The van der Waals surface area contributed by atoms with E-state index in [1.54, 1.807) is 0 Å². The van der Waals surface area contributed by atoms with E-state index >= 15 is 0 Å². The average molecular weight is 365 g/mol. The zero-order valence-electron chi connectivity index (χ0n) is 14.6. The lowest BCUT2D eigenvalue weighted by Crippen LogP contribution is -2.49. The van der Waals surface area contributed by atoms with Crippen LogP contribution in [0.5, 0.6) is 0 Å². The van der Waals surface area contributed by atoms with Gasteiger partial charge in [0.1, 0.15) is 0 Å². The second-order valence-electron chi connectivity index (χ2n) is 5.74. The van der Waals surface area contributed by atoms with Crippen molar-refractivity contribution in [2.24, 2.45) is 9.98 Å². The van der Waals surface area contributed by atoms with Gasteiger partial charge in [-0.3, -0.25) is 4.98 Å². The van der Waals surface area contributed by atoms with E-state index in [0.717, 1.165) is 28.4 Å². The maximum atomic E-state index is 12.4. The van der Waals surface area contributed by atoms with Crippen LogP contribution in [0, 0.1) is 0 Å². The molecule has 10 nitrogen and oxygen atoms in total. The SMILES string of the molecule is O=C=NCCCCCCn1c(=O)[nH]c(=O)n(CCCCCN=C=O)c1=O. The van der Waals surface area contributed by atoms with E-state index in [2.05, 4.69) is 15.0 Å². The third-order valence-electron chi connectivity index (χ3n) is 3.85. The van der Waals surface area contributed by atoms with Gasteiger partial charge in [0.2, 0.25) is 12.2 Å². The third-order valence-corrected chi connectivity index (χ3v) is 3.85. The molecule has 0 amide bonds. The van der Waals surface area contributed by atoms with Crippen molar-refractivity contribution in [1.82, 2.24) is 14.1 Å². The summed E-state index contributed by atoms with van der Waals surface area (Å²) in [6, 6.07) is 0. The minimum atomic E-state index is -0.714.